The number of carbonyl (C=O) groups excluding carboxylic acids is 4. The quantitative estimate of drug-likeness (QED) is 0.0714. The first-order chi connectivity index (χ1) is 23.4. The van der Waals surface area contributed by atoms with Crippen LogP contribution in [0.3, 0.4) is 0 Å². The average molecular weight is 663 g/mol. The lowest BCUT2D eigenvalue weighted by Gasteiger charge is -2.35. The molecule has 5 aromatic carbocycles. The smallest absolute Gasteiger partial charge is 0.272 e. The Bertz CT molecular complexity index is 2400. The summed E-state index contributed by atoms with van der Waals surface area (Å²) in [5.74, 6) is -3.23. The Balaban J connectivity index is 1.57. The molecule has 246 valence electrons. The Morgan fingerprint density at radius 3 is 1.82 bits per heavy atom. The molecule has 0 unspecified atom stereocenters. The van der Waals surface area contributed by atoms with Gasteiger partial charge in [0, 0.05) is 38.9 Å². The SMILES string of the molecule is [C-]#[N+]c1cc2c3c(ccc4c5c(C#N)cc6c7c(ccc(c1c34)c75)C(=O)N([C@@H](CCCC)C(F)(F)F)C6=O)C(=O)N([C@H](C)CCCC)C2=O. The molecule has 4 amide bonds. The summed E-state index contributed by atoms with van der Waals surface area (Å²) in [5.41, 5.74) is 0.182. The Hall–Kier alpha value is -5.55. The number of halogens is 3. The van der Waals surface area contributed by atoms with E-state index >= 15 is 0 Å². The summed E-state index contributed by atoms with van der Waals surface area (Å²) in [6.07, 6.45) is -2.47. The molecule has 5 aromatic rings. The predicted molar refractivity (Wildman–Crippen MR) is 178 cm³/mol. The van der Waals surface area contributed by atoms with Crippen molar-refractivity contribution in [3.63, 3.8) is 0 Å². The second-order valence-electron chi connectivity index (χ2n) is 12.9. The number of carbonyl (C=O) groups is 4. The topological polar surface area (TPSA) is 103 Å². The number of fused-ring (bicyclic) bond motifs is 2. The van der Waals surface area contributed by atoms with Gasteiger partial charge in [-0.25, -0.2) is 4.85 Å². The van der Waals surface area contributed by atoms with E-state index < -0.39 is 42.3 Å². The number of nitrogens with zero attached hydrogens (tertiary/aromatic N) is 4. The normalized spacial score (nSPS) is 15.9. The molecule has 0 aliphatic carbocycles. The van der Waals surface area contributed by atoms with Crippen molar-refractivity contribution in [2.75, 3.05) is 0 Å². The summed E-state index contributed by atoms with van der Waals surface area (Å²) in [6, 6.07) is 8.13. The number of amides is 4. The molecule has 2 heterocycles. The van der Waals surface area contributed by atoms with E-state index in [0.717, 1.165) is 12.8 Å². The van der Waals surface area contributed by atoms with Crippen molar-refractivity contribution < 1.29 is 32.3 Å². The molecule has 0 N–H and O–H groups in total. The monoisotopic (exact) mass is 662 g/mol. The van der Waals surface area contributed by atoms with Crippen LogP contribution in [-0.4, -0.2) is 51.7 Å². The summed E-state index contributed by atoms with van der Waals surface area (Å²) in [5, 5.41) is 13.0. The van der Waals surface area contributed by atoms with Crippen LogP contribution in [0.1, 0.15) is 106 Å². The summed E-state index contributed by atoms with van der Waals surface area (Å²) in [6.45, 7) is 13.7. The van der Waals surface area contributed by atoms with Crippen LogP contribution in [0, 0.1) is 17.9 Å². The highest BCUT2D eigenvalue weighted by molar-refractivity contribution is 6.43. The molecule has 0 radical (unpaired) electrons. The third-order valence-corrected chi connectivity index (χ3v) is 10.1. The summed E-state index contributed by atoms with van der Waals surface area (Å²) in [4.78, 5) is 61.0. The predicted octanol–water partition coefficient (Wildman–Crippen LogP) is 9.05. The molecule has 2 aliphatic heterocycles. The summed E-state index contributed by atoms with van der Waals surface area (Å²) < 4.78 is 43.1. The largest absolute Gasteiger partial charge is 0.409 e. The standard InChI is InChI=1S/C38H29F3N4O4/c1-5-7-9-18(3)44-34(46)22-13-11-20-28-19(17-42)15-24-29-23(35(47)45(37(24)49)27(10-8-6-2)38(39,40)41)14-12-21(32(28)29)31-26(43-4)16-25(36(44)48)30(22)33(20)31/h11-16,18,27H,5-10H2,1-3H3/t18-,27+/m1/s1. The van der Waals surface area contributed by atoms with Crippen LogP contribution in [0.15, 0.2) is 36.4 Å². The number of imide groups is 2. The van der Waals surface area contributed by atoms with Crippen LogP contribution in [0.2, 0.25) is 0 Å². The van der Waals surface area contributed by atoms with E-state index in [0.29, 0.717) is 45.2 Å². The van der Waals surface area contributed by atoms with Gasteiger partial charge in [0.2, 0.25) is 0 Å². The number of nitriles is 1. The zero-order chi connectivity index (χ0) is 35.1. The van der Waals surface area contributed by atoms with Gasteiger partial charge in [0.1, 0.15) is 6.04 Å². The van der Waals surface area contributed by atoms with Crippen LogP contribution in [0.4, 0.5) is 18.9 Å². The molecule has 8 nitrogen and oxygen atoms in total. The van der Waals surface area contributed by atoms with E-state index in [1.807, 2.05) is 13.8 Å². The molecule has 2 aliphatic rings. The van der Waals surface area contributed by atoms with Crippen molar-refractivity contribution in [1.29, 1.82) is 5.26 Å². The van der Waals surface area contributed by atoms with Crippen molar-refractivity contribution >= 4 is 72.4 Å². The maximum absolute atomic E-state index is 14.4. The second kappa shape index (κ2) is 11.3. The fourth-order valence-corrected chi connectivity index (χ4v) is 7.81. The van der Waals surface area contributed by atoms with Crippen molar-refractivity contribution in [2.24, 2.45) is 0 Å². The molecule has 0 bridgehead atoms. The molecule has 49 heavy (non-hydrogen) atoms. The highest BCUT2D eigenvalue weighted by atomic mass is 19.4. The van der Waals surface area contributed by atoms with Gasteiger partial charge in [-0.15, -0.1) is 0 Å². The fourth-order valence-electron chi connectivity index (χ4n) is 7.81. The van der Waals surface area contributed by atoms with Crippen LogP contribution < -0.4 is 0 Å². The van der Waals surface area contributed by atoms with Crippen molar-refractivity contribution in [3.8, 4) is 6.07 Å². The molecular formula is C38H29F3N4O4. The molecule has 0 aromatic heterocycles. The van der Waals surface area contributed by atoms with E-state index in [9.17, 15) is 37.6 Å². The van der Waals surface area contributed by atoms with Gasteiger partial charge in [0.25, 0.3) is 23.6 Å². The lowest BCUT2D eigenvalue weighted by atomic mass is 9.80. The number of rotatable bonds is 8. The van der Waals surface area contributed by atoms with E-state index in [-0.39, 0.29) is 61.6 Å². The zero-order valence-electron chi connectivity index (χ0n) is 26.9. The maximum atomic E-state index is 14.4. The minimum Gasteiger partial charge on any atom is -0.272 e. The molecule has 2 atom stereocenters. The van der Waals surface area contributed by atoms with E-state index in [2.05, 4.69) is 10.9 Å². The van der Waals surface area contributed by atoms with Gasteiger partial charge in [-0.1, -0.05) is 51.7 Å². The van der Waals surface area contributed by atoms with Crippen LogP contribution in [0.25, 0.3) is 47.9 Å². The van der Waals surface area contributed by atoms with Crippen LogP contribution in [-0.2, 0) is 0 Å². The van der Waals surface area contributed by atoms with Gasteiger partial charge >= 0.3 is 6.18 Å². The van der Waals surface area contributed by atoms with Gasteiger partial charge in [0.15, 0.2) is 5.69 Å². The van der Waals surface area contributed by atoms with Gasteiger partial charge < -0.3 is 0 Å². The highest BCUT2D eigenvalue weighted by Crippen LogP contribution is 2.51. The van der Waals surface area contributed by atoms with Gasteiger partial charge in [-0.05, 0) is 71.0 Å². The summed E-state index contributed by atoms with van der Waals surface area (Å²) in [7, 11) is 0. The zero-order valence-corrected chi connectivity index (χ0v) is 26.9. The molecule has 0 fully saturated rings. The van der Waals surface area contributed by atoms with Crippen LogP contribution >= 0.6 is 0 Å². The Kier molecular flexibility index (Phi) is 7.36. The Labute approximate surface area is 278 Å². The minimum absolute atomic E-state index is 0.0281. The van der Waals surface area contributed by atoms with Crippen LogP contribution in [0.5, 0.6) is 0 Å². The number of alkyl halides is 3. The van der Waals surface area contributed by atoms with Crippen molar-refractivity contribution in [3.05, 3.63) is 75.6 Å². The number of hydrogen-bond donors (Lipinski definition) is 0. The fraction of sp³-hybridized carbons (Fsp3) is 0.316. The Morgan fingerprint density at radius 1 is 0.735 bits per heavy atom. The third kappa shape index (κ3) is 4.34. The van der Waals surface area contributed by atoms with E-state index in [1.54, 1.807) is 19.1 Å². The molecule has 0 saturated heterocycles. The van der Waals surface area contributed by atoms with Crippen molar-refractivity contribution in [1.82, 2.24) is 9.80 Å². The average Bonchev–Trinajstić information content (AvgIpc) is 3.08. The molecule has 0 saturated carbocycles. The van der Waals surface area contributed by atoms with Gasteiger partial charge in [-0.3, -0.25) is 29.0 Å². The molecule has 0 spiro atoms. The van der Waals surface area contributed by atoms with E-state index in [4.69, 9.17) is 6.57 Å². The lowest BCUT2D eigenvalue weighted by Crippen LogP contribution is -2.53. The van der Waals surface area contributed by atoms with Crippen molar-refractivity contribution in [2.45, 2.75) is 77.6 Å². The number of unbranched alkanes of at least 4 members (excludes halogenated alkanes) is 2. The second-order valence-corrected chi connectivity index (χ2v) is 12.9. The first kappa shape index (κ1) is 32.0. The van der Waals surface area contributed by atoms with Gasteiger partial charge in [0.05, 0.1) is 23.8 Å². The highest BCUT2D eigenvalue weighted by Gasteiger charge is 2.50. The molecule has 7 rings (SSSR count). The maximum Gasteiger partial charge on any atom is 0.409 e. The molecular weight excluding hydrogens is 633 g/mol. The lowest BCUT2D eigenvalue weighted by molar-refractivity contribution is -0.173. The van der Waals surface area contributed by atoms with E-state index in [1.165, 1.54) is 29.2 Å². The molecule has 11 heteroatoms. The third-order valence-electron chi connectivity index (χ3n) is 10.1. The van der Waals surface area contributed by atoms with Gasteiger partial charge in [-0.2, -0.15) is 18.4 Å². The summed E-state index contributed by atoms with van der Waals surface area (Å²) >= 11 is 0. The minimum atomic E-state index is -4.88. The number of hydrogen-bond acceptors (Lipinski definition) is 5. The Morgan fingerprint density at radius 2 is 1.24 bits per heavy atom. The first-order valence-corrected chi connectivity index (χ1v) is 16.3. The first-order valence-electron chi connectivity index (χ1n) is 16.3. The number of benzene rings is 5.